The number of halogens is 1. The van der Waals surface area contributed by atoms with Gasteiger partial charge < -0.3 is 10.1 Å². The van der Waals surface area contributed by atoms with Crippen LogP contribution in [0.3, 0.4) is 0 Å². The molecular weight excluding hydrogens is 327 g/mol. The first-order chi connectivity index (χ1) is 12.8. The van der Waals surface area contributed by atoms with Crippen LogP contribution in [0.5, 0.6) is 5.75 Å². The summed E-state index contributed by atoms with van der Waals surface area (Å²) in [6.45, 7) is 0. The summed E-state index contributed by atoms with van der Waals surface area (Å²) in [6.07, 6.45) is 1.70. The Morgan fingerprint density at radius 2 is 1.62 bits per heavy atom. The number of para-hydroxylation sites is 1. The number of anilines is 2. The molecule has 0 radical (unpaired) electrons. The average molecular weight is 344 g/mol. The zero-order chi connectivity index (χ0) is 17.9. The van der Waals surface area contributed by atoms with Crippen LogP contribution in [0.15, 0.2) is 79.0 Å². The zero-order valence-corrected chi connectivity index (χ0v) is 14.2. The number of methoxy groups -OCH3 is 1. The first-order valence-corrected chi connectivity index (χ1v) is 8.30. The third kappa shape index (κ3) is 2.86. The molecule has 1 N–H and O–H groups in total. The van der Waals surface area contributed by atoms with E-state index in [1.165, 1.54) is 6.07 Å². The fourth-order valence-corrected chi connectivity index (χ4v) is 3.08. The molecule has 4 heteroatoms. The van der Waals surface area contributed by atoms with Gasteiger partial charge in [0.2, 0.25) is 0 Å². The molecule has 0 atom stereocenters. The lowest BCUT2D eigenvalue weighted by Crippen LogP contribution is -1.98. The Morgan fingerprint density at radius 3 is 2.38 bits per heavy atom. The topological polar surface area (TPSA) is 34.1 Å². The summed E-state index contributed by atoms with van der Waals surface area (Å²) in [5.74, 6) is 1.08. The van der Waals surface area contributed by atoms with E-state index in [0.29, 0.717) is 17.1 Å². The van der Waals surface area contributed by atoms with Crippen LogP contribution in [-0.4, -0.2) is 12.1 Å². The Balaban J connectivity index is 1.95. The maximum Gasteiger partial charge on any atom is 0.142 e. The van der Waals surface area contributed by atoms with Gasteiger partial charge in [-0.3, -0.25) is 0 Å². The highest BCUT2D eigenvalue weighted by atomic mass is 19.1. The van der Waals surface area contributed by atoms with Crippen LogP contribution in [0.25, 0.3) is 21.9 Å². The van der Waals surface area contributed by atoms with E-state index in [2.05, 4.69) is 10.3 Å². The normalized spacial score (nSPS) is 10.7. The molecule has 0 saturated heterocycles. The first kappa shape index (κ1) is 16.1. The van der Waals surface area contributed by atoms with E-state index in [1.54, 1.807) is 25.4 Å². The van der Waals surface area contributed by atoms with Crippen molar-refractivity contribution in [2.75, 3.05) is 12.4 Å². The standard InChI is InChI=1S/C22H17FN2O/c1-26-20-13-7-11-17-18(16-10-5-6-12-19(16)23)14-24-22(21(17)20)25-15-8-3-2-4-9-15/h2-14H,1H3,(H,24,25). The van der Waals surface area contributed by atoms with E-state index in [0.717, 1.165) is 22.0 Å². The smallest absolute Gasteiger partial charge is 0.142 e. The molecule has 0 amide bonds. The molecule has 26 heavy (non-hydrogen) atoms. The van der Waals surface area contributed by atoms with Gasteiger partial charge in [-0.05, 0) is 29.7 Å². The highest BCUT2D eigenvalue weighted by Gasteiger charge is 2.15. The number of hydrogen-bond donors (Lipinski definition) is 1. The number of benzene rings is 3. The largest absolute Gasteiger partial charge is 0.496 e. The van der Waals surface area contributed by atoms with Gasteiger partial charge in [0.05, 0.1) is 12.5 Å². The Morgan fingerprint density at radius 1 is 0.846 bits per heavy atom. The molecule has 0 spiro atoms. The number of nitrogens with zero attached hydrogens (tertiary/aromatic N) is 1. The van der Waals surface area contributed by atoms with Crippen molar-refractivity contribution < 1.29 is 9.13 Å². The summed E-state index contributed by atoms with van der Waals surface area (Å²) in [5, 5.41) is 5.03. The van der Waals surface area contributed by atoms with E-state index in [1.807, 2.05) is 54.6 Å². The van der Waals surface area contributed by atoms with Gasteiger partial charge in [-0.25, -0.2) is 9.37 Å². The molecule has 0 aliphatic rings. The first-order valence-electron chi connectivity index (χ1n) is 8.30. The van der Waals surface area contributed by atoms with E-state index in [9.17, 15) is 4.39 Å². The van der Waals surface area contributed by atoms with Gasteiger partial charge >= 0.3 is 0 Å². The molecule has 1 heterocycles. The van der Waals surface area contributed by atoms with Crippen molar-refractivity contribution in [3.63, 3.8) is 0 Å². The molecule has 0 unspecified atom stereocenters. The van der Waals surface area contributed by atoms with Crippen molar-refractivity contribution in [1.29, 1.82) is 0 Å². The lowest BCUT2D eigenvalue weighted by Gasteiger charge is -2.15. The van der Waals surface area contributed by atoms with Crippen LogP contribution in [0.2, 0.25) is 0 Å². The molecule has 1 aromatic heterocycles. The van der Waals surface area contributed by atoms with Gasteiger partial charge in [0, 0.05) is 23.0 Å². The van der Waals surface area contributed by atoms with E-state index in [4.69, 9.17) is 4.74 Å². The molecule has 0 aliphatic heterocycles. The molecule has 4 aromatic rings. The maximum atomic E-state index is 14.4. The fourth-order valence-electron chi connectivity index (χ4n) is 3.08. The van der Waals surface area contributed by atoms with Gasteiger partial charge in [0.25, 0.3) is 0 Å². The molecule has 4 rings (SSSR count). The average Bonchev–Trinajstić information content (AvgIpc) is 2.69. The van der Waals surface area contributed by atoms with Crippen LogP contribution in [0, 0.1) is 5.82 Å². The third-order valence-corrected chi connectivity index (χ3v) is 4.30. The van der Waals surface area contributed by atoms with Gasteiger partial charge in [-0.15, -0.1) is 0 Å². The van der Waals surface area contributed by atoms with E-state index in [-0.39, 0.29) is 5.82 Å². The summed E-state index contributed by atoms with van der Waals surface area (Å²) in [4.78, 5) is 4.57. The van der Waals surface area contributed by atoms with Gasteiger partial charge in [-0.1, -0.05) is 48.5 Å². The van der Waals surface area contributed by atoms with Crippen LogP contribution in [0.1, 0.15) is 0 Å². The van der Waals surface area contributed by atoms with Gasteiger partial charge in [0.1, 0.15) is 17.4 Å². The number of fused-ring (bicyclic) bond motifs is 1. The summed E-state index contributed by atoms with van der Waals surface area (Å²) in [5.41, 5.74) is 2.17. The predicted molar refractivity (Wildman–Crippen MR) is 103 cm³/mol. The fraction of sp³-hybridized carbons (Fsp3) is 0.0455. The second kappa shape index (κ2) is 6.84. The van der Waals surface area contributed by atoms with E-state index < -0.39 is 0 Å². The summed E-state index contributed by atoms with van der Waals surface area (Å²) >= 11 is 0. The molecular formula is C22H17FN2O. The quantitative estimate of drug-likeness (QED) is 0.508. The zero-order valence-electron chi connectivity index (χ0n) is 14.2. The second-order valence-corrected chi connectivity index (χ2v) is 5.87. The number of aromatic nitrogens is 1. The Kier molecular flexibility index (Phi) is 4.23. The number of nitrogens with one attached hydrogen (secondary N) is 1. The molecule has 0 fully saturated rings. The minimum Gasteiger partial charge on any atom is -0.496 e. The van der Waals surface area contributed by atoms with Crippen molar-refractivity contribution in [2.24, 2.45) is 0 Å². The number of ether oxygens (including phenoxy) is 1. The predicted octanol–water partition coefficient (Wildman–Crippen LogP) is 5.79. The Labute approximate surface area is 151 Å². The van der Waals surface area contributed by atoms with Crippen LogP contribution in [0.4, 0.5) is 15.9 Å². The Hall–Kier alpha value is -3.40. The summed E-state index contributed by atoms with van der Waals surface area (Å²) in [7, 11) is 1.62. The lowest BCUT2D eigenvalue weighted by molar-refractivity contribution is 0.420. The molecule has 3 aromatic carbocycles. The minimum atomic E-state index is -0.276. The monoisotopic (exact) mass is 344 g/mol. The Bertz CT molecular complexity index is 1060. The molecule has 0 aliphatic carbocycles. The molecule has 128 valence electrons. The van der Waals surface area contributed by atoms with Crippen molar-refractivity contribution in [3.05, 3.63) is 84.8 Å². The van der Waals surface area contributed by atoms with Crippen molar-refractivity contribution in [3.8, 4) is 16.9 Å². The molecule has 0 saturated carbocycles. The number of hydrogen-bond acceptors (Lipinski definition) is 3. The van der Waals surface area contributed by atoms with Crippen LogP contribution in [-0.2, 0) is 0 Å². The van der Waals surface area contributed by atoms with Crippen LogP contribution >= 0.6 is 0 Å². The SMILES string of the molecule is COc1cccc2c(-c3ccccc3F)cnc(Nc3ccccc3)c12. The summed E-state index contributed by atoms with van der Waals surface area (Å²) < 4.78 is 19.9. The van der Waals surface area contributed by atoms with Gasteiger partial charge in [0.15, 0.2) is 0 Å². The van der Waals surface area contributed by atoms with Crippen molar-refractivity contribution in [2.45, 2.75) is 0 Å². The highest BCUT2D eigenvalue weighted by molar-refractivity contribution is 6.05. The van der Waals surface area contributed by atoms with Crippen molar-refractivity contribution >= 4 is 22.3 Å². The second-order valence-electron chi connectivity index (χ2n) is 5.87. The third-order valence-electron chi connectivity index (χ3n) is 4.30. The lowest BCUT2D eigenvalue weighted by atomic mass is 9.99. The maximum absolute atomic E-state index is 14.4. The summed E-state index contributed by atoms with van der Waals surface area (Å²) in [6, 6.07) is 22.2. The van der Waals surface area contributed by atoms with Gasteiger partial charge in [-0.2, -0.15) is 0 Å². The minimum absolute atomic E-state index is 0.276. The number of pyridine rings is 1. The highest BCUT2D eigenvalue weighted by Crippen LogP contribution is 2.38. The molecule has 3 nitrogen and oxygen atoms in total. The van der Waals surface area contributed by atoms with E-state index >= 15 is 0 Å². The molecule has 0 bridgehead atoms. The van der Waals surface area contributed by atoms with Crippen molar-refractivity contribution in [1.82, 2.24) is 4.98 Å². The van der Waals surface area contributed by atoms with Crippen LogP contribution < -0.4 is 10.1 Å². The number of rotatable bonds is 4.